The van der Waals surface area contributed by atoms with Crippen LogP contribution >= 0.6 is 0 Å². The van der Waals surface area contributed by atoms with Gasteiger partial charge >= 0.3 is 0 Å². The molecule has 2 radical (unpaired) electrons. The van der Waals surface area contributed by atoms with Gasteiger partial charge in [-0.2, -0.15) is 0 Å². The van der Waals surface area contributed by atoms with Gasteiger partial charge in [-0.25, -0.2) is 0 Å². The van der Waals surface area contributed by atoms with Crippen LogP contribution in [0.2, 0.25) is 6.32 Å². The fourth-order valence-corrected chi connectivity index (χ4v) is 3.53. The third-order valence-electron chi connectivity index (χ3n) is 5.23. The third-order valence-corrected chi connectivity index (χ3v) is 5.23. The van der Waals surface area contributed by atoms with Crippen molar-refractivity contribution < 1.29 is 0 Å². The van der Waals surface area contributed by atoms with E-state index in [9.17, 15) is 0 Å². The summed E-state index contributed by atoms with van der Waals surface area (Å²) in [6.45, 7) is 0. The summed E-state index contributed by atoms with van der Waals surface area (Å²) < 4.78 is 0. The number of hydrogen-bond acceptors (Lipinski definition) is 0. The predicted molar refractivity (Wildman–Crippen MR) is 69.6 cm³/mol. The fourth-order valence-electron chi connectivity index (χ4n) is 3.53. The van der Waals surface area contributed by atoms with Crippen molar-refractivity contribution in [1.29, 1.82) is 0 Å². The largest absolute Gasteiger partial charge is 0.0884 e. The van der Waals surface area contributed by atoms with Gasteiger partial charge in [0.1, 0.15) is 0 Å². The van der Waals surface area contributed by atoms with Crippen molar-refractivity contribution in [2.24, 2.45) is 29.6 Å². The standard InChI is InChI=1S/C15H25B/c16-8-7-15-10-14(15)6-5-13-9-12(13)4-3-11-1-2-11/h11-15H,1-10H2. The quantitative estimate of drug-likeness (QED) is 0.533. The minimum absolute atomic E-state index is 0.911. The van der Waals surface area contributed by atoms with Crippen molar-refractivity contribution in [2.75, 3.05) is 0 Å². The zero-order valence-electron chi connectivity index (χ0n) is 10.5. The molecule has 0 bridgehead atoms. The first-order valence-corrected chi connectivity index (χ1v) is 7.57. The monoisotopic (exact) mass is 216 g/mol. The molecule has 0 N–H and O–H groups in total. The summed E-state index contributed by atoms with van der Waals surface area (Å²) in [6.07, 6.45) is 14.5. The van der Waals surface area contributed by atoms with Gasteiger partial charge in [0, 0.05) is 0 Å². The van der Waals surface area contributed by atoms with E-state index < -0.39 is 0 Å². The minimum atomic E-state index is 0.911. The second-order valence-corrected chi connectivity index (χ2v) is 6.69. The Bertz CT molecular complexity index is 234. The van der Waals surface area contributed by atoms with Crippen molar-refractivity contribution in [3.63, 3.8) is 0 Å². The number of hydrogen-bond donors (Lipinski definition) is 0. The maximum absolute atomic E-state index is 5.60. The smallest absolute Gasteiger partial charge is 0.0653 e. The van der Waals surface area contributed by atoms with E-state index in [4.69, 9.17) is 7.85 Å². The Morgan fingerprint density at radius 2 is 1.19 bits per heavy atom. The Kier molecular flexibility index (Phi) is 3.31. The van der Waals surface area contributed by atoms with Gasteiger partial charge in [-0.1, -0.05) is 32.0 Å². The average Bonchev–Trinajstić information content (AvgIpc) is 3.09. The van der Waals surface area contributed by atoms with Crippen LogP contribution in [0.5, 0.6) is 0 Å². The summed E-state index contributed by atoms with van der Waals surface area (Å²) in [5.41, 5.74) is 0. The Hall–Kier alpha value is 0.0649. The molecule has 0 aliphatic heterocycles. The van der Waals surface area contributed by atoms with Crippen molar-refractivity contribution in [2.45, 2.75) is 64.1 Å². The van der Waals surface area contributed by atoms with E-state index in [0.717, 1.165) is 35.9 Å². The molecule has 0 aromatic carbocycles. The molecule has 0 heterocycles. The van der Waals surface area contributed by atoms with Crippen molar-refractivity contribution >= 4 is 7.85 Å². The fraction of sp³-hybridized carbons (Fsp3) is 1.00. The molecule has 3 saturated carbocycles. The molecule has 3 rings (SSSR count). The van der Waals surface area contributed by atoms with Gasteiger partial charge in [-0.15, -0.1) is 0 Å². The molecule has 1 heteroatoms. The third kappa shape index (κ3) is 3.05. The molecule has 0 saturated heterocycles. The molecule has 0 aromatic heterocycles. The SMILES string of the molecule is [B]CCC1CC1CCC1CC1CCC1CC1. The minimum Gasteiger partial charge on any atom is -0.0884 e. The normalized spacial score (nSPS) is 41.0. The molecule has 3 fully saturated rings. The summed E-state index contributed by atoms with van der Waals surface area (Å²) in [5, 5.41) is 0. The highest BCUT2D eigenvalue weighted by molar-refractivity contribution is 6.08. The van der Waals surface area contributed by atoms with Crippen molar-refractivity contribution in [3.05, 3.63) is 0 Å². The Morgan fingerprint density at radius 3 is 1.69 bits per heavy atom. The molecule has 0 spiro atoms. The zero-order valence-corrected chi connectivity index (χ0v) is 10.5. The van der Waals surface area contributed by atoms with E-state index in [1.165, 1.54) is 19.3 Å². The van der Waals surface area contributed by atoms with Crippen LogP contribution in [0.4, 0.5) is 0 Å². The van der Waals surface area contributed by atoms with E-state index in [-0.39, 0.29) is 0 Å². The molecule has 0 nitrogen and oxygen atoms in total. The summed E-state index contributed by atoms with van der Waals surface area (Å²) in [6, 6.07) is 0. The number of rotatable bonds is 8. The first-order valence-electron chi connectivity index (χ1n) is 7.57. The summed E-state index contributed by atoms with van der Waals surface area (Å²) in [7, 11) is 5.60. The Morgan fingerprint density at radius 1 is 0.688 bits per heavy atom. The predicted octanol–water partition coefficient (Wildman–Crippen LogP) is 4.21. The van der Waals surface area contributed by atoms with Crippen LogP contribution in [-0.4, -0.2) is 7.85 Å². The molecular formula is C15H25B. The van der Waals surface area contributed by atoms with E-state index in [0.29, 0.717) is 0 Å². The summed E-state index contributed by atoms with van der Waals surface area (Å²) in [4.78, 5) is 0. The lowest BCUT2D eigenvalue weighted by Gasteiger charge is -2.00. The van der Waals surface area contributed by atoms with Crippen molar-refractivity contribution in [3.8, 4) is 0 Å². The van der Waals surface area contributed by atoms with Gasteiger partial charge in [0.15, 0.2) is 0 Å². The lowest BCUT2D eigenvalue weighted by Crippen LogP contribution is -1.89. The van der Waals surface area contributed by atoms with Crippen LogP contribution < -0.4 is 0 Å². The molecule has 3 aliphatic rings. The summed E-state index contributed by atoms with van der Waals surface area (Å²) >= 11 is 0. The van der Waals surface area contributed by atoms with Crippen LogP contribution in [0, 0.1) is 29.6 Å². The van der Waals surface area contributed by atoms with Crippen molar-refractivity contribution in [1.82, 2.24) is 0 Å². The van der Waals surface area contributed by atoms with E-state index >= 15 is 0 Å². The Labute approximate surface area is 102 Å². The molecule has 88 valence electrons. The van der Waals surface area contributed by atoms with E-state index in [1.54, 1.807) is 38.5 Å². The lowest BCUT2D eigenvalue weighted by molar-refractivity contribution is 0.517. The highest BCUT2D eigenvalue weighted by Gasteiger charge is 2.41. The van der Waals surface area contributed by atoms with Crippen LogP contribution in [0.25, 0.3) is 0 Å². The van der Waals surface area contributed by atoms with Gasteiger partial charge < -0.3 is 0 Å². The van der Waals surface area contributed by atoms with Crippen LogP contribution in [0.15, 0.2) is 0 Å². The van der Waals surface area contributed by atoms with Crippen LogP contribution in [0.1, 0.15) is 57.8 Å². The Balaban J connectivity index is 1.22. The second kappa shape index (κ2) is 4.74. The topological polar surface area (TPSA) is 0 Å². The highest BCUT2D eigenvalue weighted by Crippen LogP contribution is 2.52. The molecule has 0 aromatic rings. The molecule has 16 heavy (non-hydrogen) atoms. The van der Waals surface area contributed by atoms with Gasteiger partial charge in [0.25, 0.3) is 0 Å². The molecule has 0 amide bonds. The van der Waals surface area contributed by atoms with Gasteiger partial charge in [-0.05, 0) is 61.7 Å². The molecule has 3 aliphatic carbocycles. The first-order chi connectivity index (χ1) is 7.86. The van der Waals surface area contributed by atoms with Crippen LogP contribution in [-0.2, 0) is 0 Å². The van der Waals surface area contributed by atoms with Gasteiger partial charge in [-0.3, -0.25) is 0 Å². The zero-order chi connectivity index (χ0) is 11.0. The molecule has 4 atom stereocenters. The highest BCUT2D eigenvalue weighted by atomic mass is 14.5. The lowest BCUT2D eigenvalue weighted by atomic mass is 9.98. The molecule has 4 unspecified atom stereocenters. The first kappa shape index (κ1) is 11.2. The van der Waals surface area contributed by atoms with E-state index in [2.05, 4.69) is 0 Å². The summed E-state index contributed by atoms with van der Waals surface area (Å²) in [5.74, 6) is 5.53. The van der Waals surface area contributed by atoms with Crippen LogP contribution in [0.3, 0.4) is 0 Å². The molecular weight excluding hydrogens is 191 g/mol. The van der Waals surface area contributed by atoms with Gasteiger partial charge in [0.05, 0.1) is 7.85 Å². The maximum atomic E-state index is 5.60. The second-order valence-electron chi connectivity index (χ2n) is 6.69. The maximum Gasteiger partial charge on any atom is 0.0653 e. The van der Waals surface area contributed by atoms with Gasteiger partial charge in [0.2, 0.25) is 0 Å². The van der Waals surface area contributed by atoms with E-state index in [1.807, 2.05) is 0 Å². The average molecular weight is 216 g/mol.